The normalized spacial score (nSPS) is 11.2. The minimum atomic E-state index is -0.727. The maximum absolute atomic E-state index is 5.91. The fourth-order valence-electron chi connectivity index (χ4n) is 2.10. The lowest BCUT2D eigenvalue weighted by Crippen LogP contribution is -2.27. The second-order valence-electron chi connectivity index (χ2n) is 5.51. The average Bonchev–Trinajstić information content (AvgIpc) is 2.46. The molecule has 0 heterocycles. The Hall–Kier alpha value is -2.06. The zero-order valence-corrected chi connectivity index (χ0v) is 12.9. The van der Waals surface area contributed by atoms with E-state index in [-0.39, 0.29) is 0 Å². The van der Waals surface area contributed by atoms with Gasteiger partial charge in [0.05, 0.1) is 6.61 Å². The van der Waals surface area contributed by atoms with Crippen molar-refractivity contribution in [1.82, 2.24) is 0 Å². The van der Waals surface area contributed by atoms with Crippen molar-refractivity contribution in [2.45, 2.75) is 33.2 Å². The standard InChI is InChI=1S/C19H22O2/c1-15-10-8-9-13-18(15)16(2)21-19(3,4)20-14-17-11-6-5-7-12-17/h5-13H,2,14H2,1,3-4H3. The molecule has 0 fully saturated rings. The molecule has 0 radical (unpaired) electrons. The van der Waals surface area contributed by atoms with Gasteiger partial charge in [0.15, 0.2) is 0 Å². The molecule has 0 saturated heterocycles. The van der Waals surface area contributed by atoms with Gasteiger partial charge in [-0.25, -0.2) is 0 Å². The topological polar surface area (TPSA) is 18.5 Å². The van der Waals surface area contributed by atoms with Crippen LogP contribution in [0.15, 0.2) is 61.2 Å². The Morgan fingerprint density at radius 1 is 1.00 bits per heavy atom. The van der Waals surface area contributed by atoms with E-state index in [1.807, 2.05) is 75.4 Å². The van der Waals surface area contributed by atoms with Crippen LogP contribution in [-0.4, -0.2) is 5.79 Å². The molecule has 0 aliphatic carbocycles. The van der Waals surface area contributed by atoms with Crippen LogP contribution in [0.5, 0.6) is 0 Å². The molecule has 0 spiro atoms. The molecule has 0 aliphatic heterocycles. The summed E-state index contributed by atoms with van der Waals surface area (Å²) in [5, 5.41) is 0. The van der Waals surface area contributed by atoms with Crippen LogP contribution in [0, 0.1) is 6.92 Å². The third-order valence-electron chi connectivity index (χ3n) is 3.24. The largest absolute Gasteiger partial charge is 0.463 e. The fourth-order valence-corrected chi connectivity index (χ4v) is 2.10. The highest BCUT2D eigenvalue weighted by Gasteiger charge is 2.22. The predicted molar refractivity (Wildman–Crippen MR) is 86.6 cm³/mol. The van der Waals surface area contributed by atoms with Gasteiger partial charge >= 0.3 is 0 Å². The lowest BCUT2D eigenvalue weighted by atomic mass is 10.1. The van der Waals surface area contributed by atoms with Gasteiger partial charge in [-0.05, 0) is 18.1 Å². The van der Waals surface area contributed by atoms with E-state index in [1.165, 1.54) is 0 Å². The number of benzene rings is 2. The predicted octanol–water partition coefficient (Wildman–Crippen LogP) is 4.94. The number of hydrogen-bond donors (Lipinski definition) is 0. The first kappa shape index (κ1) is 15.3. The molecule has 2 heteroatoms. The highest BCUT2D eigenvalue weighted by molar-refractivity contribution is 5.60. The van der Waals surface area contributed by atoms with Gasteiger partial charge in [0, 0.05) is 19.4 Å². The quantitative estimate of drug-likeness (QED) is 0.552. The first-order chi connectivity index (χ1) is 9.98. The first-order valence-electron chi connectivity index (χ1n) is 7.10. The summed E-state index contributed by atoms with van der Waals surface area (Å²) in [5.74, 6) is -0.0963. The molecule has 2 nitrogen and oxygen atoms in total. The van der Waals surface area contributed by atoms with E-state index in [1.54, 1.807) is 0 Å². The Bertz CT molecular complexity index is 600. The van der Waals surface area contributed by atoms with Gasteiger partial charge in [0.25, 0.3) is 0 Å². The summed E-state index contributed by atoms with van der Waals surface area (Å²) in [4.78, 5) is 0. The smallest absolute Gasteiger partial charge is 0.205 e. The minimum absolute atomic E-state index is 0.509. The summed E-state index contributed by atoms with van der Waals surface area (Å²) in [6, 6.07) is 18.1. The second kappa shape index (κ2) is 6.59. The molecule has 0 bridgehead atoms. The number of ether oxygens (including phenoxy) is 2. The van der Waals surface area contributed by atoms with Gasteiger partial charge in [-0.1, -0.05) is 61.2 Å². The van der Waals surface area contributed by atoms with Crippen LogP contribution in [0.1, 0.15) is 30.5 Å². The Kier molecular flexibility index (Phi) is 4.81. The summed E-state index contributed by atoms with van der Waals surface area (Å²) in [5.41, 5.74) is 3.27. The first-order valence-corrected chi connectivity index (χ1v) is 7.10. The molecule has 110 valence electrons. The molecular formula is C19H22O2. The Balaban J connectivity index is 1.97. The van der Waals surface area contributed by atoms with E-state index < -0.39 is 5.79 Å². The van der Waals surface area contributed by atoms with Crippen molar-refractivity contribution in [3.05, 3.63) is 77.9 Å². The van der Waals surface area contributed by atoms with Crippen molar-refractivity contribution in [2.24, 2.45) is 0 Å². The molecule has 0 unspecified atom stereocenters. The maximum Gasteiger partial charge on any atom is 0.205 e. The zero-order valence-electron chi connectivity index (χ0n) is 12.9. The lowest BCUT2D eigenvalue weighted by molar-refractivity contribution is -0.180. The molecule has 0 saturated carbocycles. The number of rotatable bonds is 6. The van der Waals surface area contributed by atoms with Crippen LogP contribution in [-0.2, 0) is 16.1 Å². The van der Waals surface area contributed by atoms with E-state index in [0.717, 1.165) is 16.7 Å². The third-order valence-corrected chi connectivity index (χ3v) is 3.24. The van der Waals surface area contributed by atoms with Crippen molar-refractivity contribution < 1.29 is 9.47 Å². The van der Waals surface area contributed by atoms with E-state index in [0.29, 0.717) is 12.4 Å². The van der Waals surface area contributed by atoms with Crippen molar-refractivity contribution in [3.63, 3.8) is 0 Å². The average molecular weight is 282 g/mol. The van der Waals surface area contributed by atoms with Crippen LogP contribution in [0.2, 0.25) is 0 Å². The van der Waals surface area contributed by atoms with E-state index in [2.05, 4.69) is 6.58 Å². The summed E-state index contributed by atoms with van der Waals surface area (Å²) in [6.45, 7) is 10.4. The van der Waals surface area contributed by atoms with E-state index in [4.69, 9.17) is 9.47 Å². The van der Waals surface area contributed by atoms with Gasteiger partial charge in [0.1, 0.15) is 5.76 Å². The van der Waals surface area contributed by atoms with Crippen LogP contribution in [0.4, 0.5) is 0 Å². The summed E-state index contributed by atoms with van der Waals surface area (Å²) in [6.07, 6.45) is 0. The second-order valence-corrected chi connectivity index (χ2v) is 5.51. The summed E-state index contributed by atoms with van der Waals surface area (Å²) in [7, 11) is 0. The molecular weight excluding hydrogens is 260 g/mol. The molecule has 0 aliphatic rings. The lowest BCUT2D eigenvalue weighted by Gasteiger charge is -2.28. The van der Waals surface area contributed by atoms with Crippen molar-refractivity contribution in [1.29, 1.82) is 0 Å². The Labute approximate surface area is 127 Å². The molecule has 2 aromatic carbocycles. The molecule has 2 rings (SSSR count). The van der Waals surface area contributed by atoms with Gasteiger partial charge in [0.2, 0.25) is 5.79 Å². The van der Waals surface area contributed by atoms with Crippen LogP contribution < -0.4 is 0 Å². The molecule has 2 aromatic rings. The SMILES string of the molecule is C=C(OC(C)(C)OCc1ccccc1)c1ccccc1C. The van der Waals surface area contributed by atoms with E-state index >= 15 is 0 Å². The highest BCUT2D eigenvalue weighted by atomic mass is 16.7. The molecule has 0 atom stereocenters. The van der Waals surface area contributed by atoms with Gasteiger partial charge < -0.3 is 9.47 Å². The van der Waals surface area contributed by atoms with Crippen LogP contribution >= 0.6 is 0 Å². The van der Waals surface area contributed by atoms with Crippen molar-refractivity contribution in [2.75, 3.05) is 0 Å². The van der Waals surface area contributed by atoms with Crippen LogP contribution in [0.25, 0.3) is 5.76 Å². The third kappa shape index (κ3) is 4.47. The maximum atomic E-state index is 5.91. The zero-order chi connectivity index (χ0) is 15.3. The van der Waals surface area contributed by atoms with Gasteiger partial charge in [-0.3, -0.25) is 0 Å². The monoisotopic (exact) mass is 282 g/mol. The minimum Gasteiger partial charge on any atom is -0.463 e. The Morgan fingerprint density at radius 2 is 1.62 bits per heavy atom. The Morgan fingerprint density at radius 3 is 2.29 bits per heavy atom. The van der Waals surface area contributed by atoms with Gasteiger partial charge in [-0.15, -0.1) is 0 Å². The van der Waals surface area contributed by atoms with Gasteiger partial charge in [-0.2, -0.15) is 0 Å². The fraction of sp³-hybridized carbons (Fsp3) is 0.263. The van der Waals surface area contributed by atoms with Crippen molar-refractivity contribution >= 4 is 5.76 Å². The van der Waals surface area contributed by atoms with E-state index in [9.17, 15) is 0 Å². The summed E-state index contributed by atoms with van der Waals surface area (Å²) < 4.78 is 11.8. The molecule has 0 aromatic heterocycles. The van der Waals surface area contributed by atoms with Crippen molar-refractivity contribution in [3.8, 4) is 0 Å². The molecule has 0 N–H and O–H groups in total. The number of hydrogen-bond acceptors (Lipinski definition) is 2. The number of aryl methyl sites for hydroxylation is 1. The highest BCUT2D eigenvalue weighted by Crippen LogP contribution is 2.25. The van der Waals surface area contributed by atoms with Crippen LogP contribution in [0.3, 0.4) is 0 Å². The molecule has 0 amide bonds. The molecule has 21 heavy (non-hydrogen) atoms. The summed E-state index contributed by atoms with van der Waals surface area (Å²) >= 11 is 0.